The number of rotatable bonds is 3. The number of likely N-dealkylation sites (tertiary alicyclic amines) is 1. The molecule has 1 unspecified atom stereocenters. The van der Waals surface area contributed by atoms with E-state index >= 15 is 0 Å². The second-order valence-corrected chi connectivity index (χ2v) is 9.11. The third kappa shape index (κ3) is 2.75. The summed E-state index contributed by atoms with van der Waals surface area (Å²) in [5, 5.41) is 2.16. The predicted octanol–water partition coefficient (Wildman–Crippen LogP) is 3.97. The fraction of sp³-hybridized carbons (Fsp3) is 0.455. The van der Waals surface area contributed by atoms with E-state index in [-0.39, 0.29) is 23.3 Å². The average Bonchev–Trinajstić information content (AvgIpc) is 3.39. The highest BCUT2D eigenvalue weighted by Gasteiger charge is 2.53. The van der Waals surface area contributed by atoms with Crippen molar-refractivity contribution in [3.8, 4) is 0 Å². The molecule has 1 atom stereocenters. The van der Waals surface area contributed by atoms with E-state index in [1.165, 1.54) is 16.0 Å². The number of hydrogen-bond acceptors (Lipinski definition) is 4. The van der Waals surface area contributed by atoms with Gasteiger partial charge >= 0.3 is 0 Å². The molecule has 1 saturated heterocycles. The van der Waals surface area contributed by atoms with E-state index in [9.17, 15) is 9.59 Å². The van der Waals surface area contributed by atoms with Crippen LogP contribution in [0, 0.1) is 5.41 Å². The number of imide groups is 1. The first-order chi connectivity index (χ1) is 13.2. The molecule has 27 heavy (non-hydrogen) atoms. The van der Waals surface area contributed by atoms with Crippen LogP contribution in [0.2, 0.25) is 0 Å². The van der Waals surface area contributed by atoms with E-state index in [2.05, 4.69) is 40.6 Å². The van der Waals surface area contributed by atoms with Gasteiger partial charge in [-0.15, -0.1) is 11.3 Å². The van der Waals surface area contributed by atoms with Crippen LogP contribution in [-0.4, -0.2) is 34.8 Å². The number of fused-ring (bicyclic) bond motifs is 1. The molecule has 1 spiro atoms. The van der Waals surface area contributed by atoms with Gasteiger partial charge in [-0.2, -0.15) is 0 Å². The molecule has 140 valence electrons. The lowest BCUT2D eigenvalue weighted by Crippen LogP contribution is -2.46. The predicted molar refractivity (Wildman–Crippen MR) is 105 cm³/mol. The Kier molecular flexibility index (Phi) is 4.17. The number of thiophene rings is 1. The lowest BCUT2D eigenvalue weighted by atomic mass is 9.84. The minimum absolute atomic E-state index is 0.0184. The summed E-state index contributed by atoms with van der Waals surface area (Å²) in [6.45, 7) is 1.28. The van der Waals surface area contributed by atoms with Crippen LogP contribution >= 0.6 is 11.3 Å². The standard InChI is InChI=1S/C22H24N2O2S/c25-19-14-22(10-4-5-11-22)21(26)24(19)15-23-12-8-18-17(9-13-27-18)20(23)16-6-2-1-3-7-16/h1-3,6-7,9,13,20H,4-5,8,10-12,14-15H2. The van der Waals surface area contributed by atoms with Crippen molar-refractivity contribution in [1.29, 1.82) is 0 Å². The second kappa shape index (κ2) is 6.57. The highest BCUT2D eigenvalue weighted by molar-refractivity contribution is 7.10. The van der Waals surface area contributed by atoms with Crippen LogP contribution in [0.15, 0.2) is 41.8 Å². The van der Waals surface area contributed by atoms with Gasteiger partial charge in [0, 0.05) is 17.8 Å². The van der Waals surface area contributed by atoms with Gasteiger partial charge in [0.05, 0.1) is 18.1 Å². The summed E-state index contributed by atoms with van der Waals surface area (Å²) >= 11 is 1.81. The summed E-state index contributed by atoms with van der Waals surface area (Å²) < 4.78 is 0. The summed E-state index contributed by atoms with van der Waals surface area (Å²) in [5.74, 6) is 0.0951. The van der Waals surface area contributed by atoms with E-state index in [4.69, 9.17) is 0 Å². The number of carbonyl (C=O) groups excluding carboxylic acids is 2. The van der Waals surface area contributed by atoms with Crippen LogP contribution < -0.4 is 0 Å². The normalized spacial score (nSPS) is 24.7. The van der Waals surface area contributed by atoms with Gasteiger partial charge in [-0.1, -0.05) is 43.2 Å². The summed E-state index contributed by atoms with van der Waals surface area (Å²) in [7, 11) is 0. The van der Waals surface area contributed by atoms with Crippen molar-refractivity contribution in [2.45, 2.75) is 44.6 Å². The first-order valence-electron chi connectivity index (χ1n) is 9.88. The Morgan fingerprint density at radius 2 is 1.85 bits per heavy atom. The molecule has 2 aliphatic heterocycles. The monoisotopic (exact) mass is 380 g/mol. The van der Waals surface area contributed by atoms with Crippen molar-refractivity contribution in [3.05, 3.63) is 57.8 Å². The zero-order valence-corrected chi connectivity index (χ0v) is 16.2. The molecule has 1 aromatic carbocycles. The van der Waals surface area contributed by atoms with E-state index in [0.717, 1.165) is 38.6 Å². The Morgan fingerprint density at radius 1 is 1.07 bits per heavy atom. The molecule has 4 nitrogen and oxygen atoms in total. The van der Waals surface area contributed by atoms with Gasteiger partial charge in [0.15, 0.2) is 0 Å². The largest absolute Gasteiger partial charge is 0.274 e. The first-order valence-corrected chi connectivity index (χ1v) is 10.8. The summed E-state index contributed by atoms with van der Waals surface area (Å²) in [4.78, 5) is 31.2. The molecule has 5 heteroatoms. The number of amides is 2. The van der Waals surface area contributed by atoms with Crippen LogP contribution in [0.5, 0.6) is 0 Å². The van der Waals surface area contributed by atoms with Crippen LogP contribution in [-0.2, 0) is 16.0 Å². The molecular weight excluding hydrogens is 356 g/mol. The number of nitrogens with zero attached hydrogens (tertiary/aromatic N) is 2. The lowest BCUT2D eigenvalue weighted by Gasteiger charge is -2.38. The average molecular weight is 381 g/mol. The van der Waals surface area contributed by atoms with E-state index < -0.39 is 0 Å². The lowest BCUT2D eigenvalue weighted by molar-refractivity contribution is -0.144. The van der Waals surface area contributed by atoms with E-state index in [1.54, 1.807) is 4.90 Å². The van der Waals surface area contributed by atoms with Gasteiger partial charge in [0.1, 0.15) is 0 Å². The Balaban J connectivity index is 1.46. The van der Waals surface area contributed by atoms with Gasteiger partial charge in [0.2, 0.25) is 11.8 Å². The maximum Gasteiger partial charge on any atom is 0.237 e. The summed E-state index contributed by atoms with van der Waals surface area (Å²) in [5.41, 5.74) is 2.17. The quantitative estimate of drug-likeness (QED) is 0.757. The molecule has 1 saturated carbocycles. The molecule has 2 fully saturated rings. The molecule has 0 bridgehead atoms. The molecule has 1 aromatic heterocycles. The third-order valence-corrected chi connectivity index (χ3v) is 7.55. The van der Waals surface area contributed by atoms with Crippen LogP contribution in [0.1, 0.15) is 54.1 Å². The minimum atomic E-state index is -0.386. The zero-order valence-electron chi connectivity index (χ0n) is 15.4. The fourth-order valence-corrected chi connectivity index (χ4v) is 6.08. The SMILES string of the molecule is O=C1CC2(CCCC2)C(=O)N1CN1CCc2sccc2C1c1ccccc1. The van der Waals surface area contributed by atoms with Crippen molar-refractivity contribution in [3.63, 3.8) is 0 Å². The maximum atomic E-state index is 13.1. The van der Waals surface area contributed by atoms with Crippen LogP contribution in [0.4, 0.5) is 0 Å². The number of hydrogen-bond donors (Lipinski definition) is 0. The van der Waals surface area contributed by atoms with Gasteiger partial charge in [-0.25, -0.2) is 0 Å². The molecule has 5 rings (SSSR count). The molecule has 0 N–H and O–H groups in total. The van der Waals surface area contributed by atoms with Crippen molar-refractivity contribution < 1.29 is 9.59 Å². The van der Waals surface area contributed by atoms with Gasteiger partial charge in [-0.3, -0.25) is 19.4 Å². The fourth-order valence-electron chi connectivity index (χ4n) is 5.17. The van der Waals surface area contributed by atoms with Crippen molar-refractivity contribution >= 4 is 23.2 Å². The Morgan fingerprint density at radius 3 is 2.63 bits per heavy atom. The van der Waals surface area contributed by atoms with Crippen molar-refractivity contribution in [1.82, 2.24) is 9.80 Å². The maximum absolute atomic E-state index is 13.1. The molecular formula is C22H24N2O2S. The van der Waals surface area contributed by atoms with Gasteiger partial charge in [0.25, 0.3) is 0 Å². The second-order valence-electron chi connectivity index (χ2n) is 8.11. The molecule has 0 radical (unpaired) electrons. The minimum Gasteiger partial charge on any atom is -0.274 e. The topological polar surface area (TPSA) is 40.6 Å². The van der Waals surface area contributed by atoms with Crippen LogP contribution in [0.3, 0.4) is 0 Å². The summed E-state index contributed by atoms with van der Waals surface area (Å²) in [6, 6.07) is 12.8. The third-order valence-electron chi connectivity index (χ3n) is 6.55. The summed E-state index contributed by atoms with van der Waals surface area (Å²) in [6.07, 6.45) is 5.30. The number of benzene rings is 1. The highest BCUT2D eigenvalue weighted by atomic mass is 32.1. The number of carbonyl (C=O) groups is 2. The molecule has 1 aliphatic carbocycles. The Labute approximate surface area is 163 Å². The molecule has 3 aliphatic rings. The van der Waals surface area contributed by atoms with Crippen molar-refractivity contribution in [2.24, 2.45) is 5.41 Å². The Bertz CT molecular complexity index is 869. The molecule has 2 aromatic rings. The highest BCUT2D eigenvalue weighted by Crippen LogP contribution is 2.47. The van der Waals surface area contributed by atoms with Crippen molar-refractivity contribution in [2.75, 3.05) is 13.2 Å². The molecule has 2 amide bonds. The van der Waals surface area contributed by atoms with Gasteiger partial charge in [-0.05, 0) is 41.8 Å². The smallest absolute Gasteiger partial charge is 0.237 e. The van der Waals surface area contributed by atoms with Gasteiger partial charge < -0.3 is 0 Å². The van der Waals surface area contributed by atoms with E-state index in [1.807, 2.05) is 17.4 Å². The zero-order chi connectivity index (χ0) is 18.4. The Hall–Kier alpha value is -1.98. The first kappa shape index (κ1) is 17.1. The van der Waals surface area contributed by atoms with E-state index in [0.29, 0.717) is 13.1 Å². The van der Waals surface area contributed by atoms with Crippen LogP contribution in [0.25, 0.3) is 0 Å². The molecule has 3 heterocycles.